The third-order valence-electron chi connectivity index (χ3n) is 3.18. The molecule has 0 spiro atoms. The Morgan fingerprint density at radius 2 is 0.571 bits per heavy atom. The molecule has 0 radical (unpaired) electrons. The van der Waals surface area contributed by atoms with E-state index in [4.69, 9.17) is 37.9 Å². The minimum absolute atomic E-state index is 0.493. The van der Waals surface area contributed by atoms with E-state index in [1.807, 2.05) is 6.92 Å². The Hall–Kier alpha value is -0.490. The highest BCUT2D eigenvalue weighted by Gasteiger charge is 1.95. The van der Waals surface area contributed by atoms with Crippen molar-refractivity contribution in [3.8, 4) is 0 Å². The molecule has 0 aromatic rings. The Morgan fingerprint density at radius 1 is 0.357 bits per heavy atom. The Bertz CT molecular complexity index is 244. The molecule has 168 valence electrons. The van der Waals surface area contributed by atoms with Crippen LogP contribution in [0.3, 0.4) is 0 Å². The molecule has 0 saturated heterocycles. The fourth-order valence-corrected chi connectivity index (χ4v) is 1.80. The topological polar surface area (TPSA) is 83.1 Å². The molecule has 9 nitrogen and oxygen atoms in total. The molecule has 0 bridgehead atoms. The maximum atomic E-state index is 5.41. The molecule has 0 rings (SSSR count). The van der Waals surface area contributed by atoms with E-state index < -0.39 is 0 Å². The molecule has 0 saturated carbocycles. The summed E-state index contributed by atoms with van der Waals surface area (Å²) in [7, 11) is 3.26. The fraction of sp³-hybridized carbons (Fsp3) is 0.947. The lowest BCUT2D eigenvalue weighted by atomic mass is 10.6. The molecule has 0 aromatic carbocycles. The first-order valence-corrected chi connectivity index (χ1v) is 9.90. The number of rotatable bonds is 25. The van der Waals surface area contributed by atoms with Crippen molar-refractivity contribution in [2.75, 3.05) is 112 Å². The third-order valence-corrected chi connectivity index (χ3v) is 3.18. The van der Waals surface area contributed by atoms with Gasteiger partial charge in [-0.25, -0.2) is 0 Å². The molecule has 0 fully saturated rings. The van der Waals surface area contributed by atoms with Crippen molar-refractivity contribution in [1.29, 1.82) is 0 Å². The summed E-state index contributed by atoms with van der Waals surface area (Å²) >= 11 is 0. The third kappa shape index (κ3) is 25.5. The minimum atomic E-state index is 0.493. The summed E-state index contributed by atoms with van der Waals surface area (Å²) in [5.41, 5.74) is 0. The zero-order valence-electron chi connectivity index (χ0n) is 17.4. The molecule has 0 aliphatic heterocycles. The van der Waals surface area contributed by atoms with Crippen LogP contribution in [0.25, 0.3) is 0 Å². The van der Waals surface area contributed by atoms with Gasteiger partial charge in [0.25, 0.3) is 0 Å². The normalized spacial score (nSPS) is 11.3. The first kappa shape index (κ1) is 27.5. The maximum Gasteiger partial charge on any atom is 0.213 e. The van der Waals surface area contributed by atoms with Crippen molar-refractivity contribution < 1.29 is 42.6 Å². The Balaban J connectivity index is 2.96. The highest BCUT2D eigenvalue weighted by atomic mass is 16.6. The average molecular weight is 412 g/mol. The van der Waals surface area contributed by atoms with E-state index in [0.717, 1.165) is 0 Å². The van der Waals surface area contributed by atoms with Crippen LogP contribution in [0.2, 0.25) is 0 Å². The zero-order chi connectivity index (χ0) is 20.4. The SMILES string of the molecule is [CH2+]OCCOCCOCCOCCOCCOCCOCCOCCOCC. The van der Waals surface area contributed by atoms with Crippen LogP contribution in [-0.4, -0.2) is 112 Å². The van der Waals surface area contributed by atoms with E-state index in [-0.39, 0.29) is 0 Å². The van der Waals surface area contributed by atoms with Crippen molar-refractivity contribution in [3.05, 3.63) is 7.11 Å². The second kappa shape index (κ2) is 26.5. The van der Waals surface area contributed by atoms with Gasteiger partial charge >= 0.3 is 0 Å². The van der Waals surface area contributed by atoms with Crippen LogP contribution < -0.4 is 0 Å². The lowest BCUT2D eigenvalue weighted by Gasteiger charge is -2.08. The van der Waals surface area contributed by atoms with Crippen LogP contribution >= 0.6 is 0 Å². The predicted octanol–water partition coefficient (Wildman–Crippen LogP) is 0.947. The van der Waals surface area contributed by atoms with Gasteiger partial charge in [0, 0.05) is 6.61 Å². The first-order valence-electron chi connectivity index (χ1n) is 9.90. The predicted molar refractivity (Wildman–Crippen MR) is 104 cm³/mol. The van der Waals surface area contributed by atoms with Gasteiger partial charge in [-0.3, -0.25) is 0 Å². The summed E-state index contributed by atoms with van der Waals surface area (Å²) in [6.45, 7) is 11.5. The van der Waals surface area contributed by atoms with Crippen LogP contribution in [0.5, 0.6) is 0 Å². The van der Waals surface area contributed by atoms with E-state index in [0.29, 0.717) is 112 Å². The minimum Gasteiger partial charge on any atom is -0.379 e. The largest absolute Gasteiger partial charge is 0.379 e. The van der Waals surface area contributed by atoms with Crippen molar-refractivity contribution in [1.82, 2.24) is 0 Å². The molecule has 0 heterocycles. The van der Waals surface area contributed by atoms with Gasteiger partial charge < -0.3 is 37.9 Å². The van der Waals surface area contributed by atoms with Gasteiger partial charge in [-0.15, -0.1) is 0 Å². The average Bonchev–Trinajstić information content (AvgIpc) is 2.71. The Kier molecular flexibility index (Phi) is 26.0. The van der Waals surface area contributed by atoms with Crippen molar-refractivity contribution in [3.63, 3.8) is 0 Å². The molecule has 0 aliphatic rings. The van der Waals surface area contributed by atoms with Crippen LogP contribution in [0.1, 0.15) is 6.92 Å². The molecule has 0 atom stereocenters. The van der Waals surface area contributed by atoms with Crippen LogP contribution in [0, 0.1) is 7.11 Å². The first-order chi connectivity index (χ1) is 13.9. The lowest BCUT2D eigenvalue weighted by Crippen LogP contribution is -2.15. The number of ether oxygens (including phenoxy) is 9. The Labute approximate surface area is 169 Å². The molecular weight excluding hydrogens is 372 g/mol. The van der Waals surface area contributed by atoms with Crippen LogP contribution in [-0.2, 0) is 42.6 Å². The van der Waals surface area contributed by atoms with Crippen LogP contribution in [0.4, 0.5) is 0 Å². The summed E-state index contributed by atoms with van der Waals surface area (Å²) in [5.74, 6) is 0. The second-order valence-corrected chi connectivity index (χ2v) is 5.39. The van der Waals surface area contributed by atoms with Gasteiger partial charge in [0.15, 0.2) is 0 Å². The van der Waals surface area contributed by atoms with Gasteiger partial charge in [-0.05, 0) is 6.92 Å². The number of hydrogen-bond donors (Lipinski definition) is 0. The number of hydrogen-bond acceptors (Lipinski definition) is 9. The summed E-state index contributed by atoms with van der Waals surface area (Å²) in [6, 6.07) is 0. The highest BCUT2D eigenvalue weighted by Crippen LogP contribution is 1.85. The van der Waals surface area contributed by atoms with E-state index in [1.165, 1.54) is 0 Å². The van der Waals surface area contributed by atoms with Gasteiger partial charge in [0.1, 0.15) is 6.61 Å². The smallest absolute Gasteiger partial charge is 0.213 e. The van der Waals surface area contributed by atoms with E-state index in [1.54, 1.807) is 0 Å². The van der Waals surface area contributed by atoms with Crippen molar-refractivity contribution in [2.45, 2.75) is 6.92 Å². The summed E-state index contributed by atoms with van der Waals surface area (Å²) in [6.07, 6.45) is 0. The van der Waals surface area contributed by atoms with E-state index in [2.05, 4.69) is 11.8 Å². The molecule has 0 amide bonds. The van der Waals surface area contributed by atoms with Crippen molar-refractivity contribution >= 4 is 0 Å². The van der Waals surface area contributed by atoms with Gasteiger partial charge in [0.2, 0.25) is 7.11 Å². The molecule has 0 aliphatic carbocycles. The molecular formula is C19H39O9+. The van der Waals surface area contributed by atoms with Gasteiger partial charge in [-0.1, -0.05) is 0 Å². The summed E-state index contributed by atoms with van der Waals surface area (Å²) in [4.78, 5) is 0. The Morgan fingerprint density at radius 3 is 0.786 bits per heavy atom. The highest BCUT2D eigenvalue weighted by molar-refractivity contribution is 4.37. The molecule has 9 heteroatoms. The fourth-order valence-electron chi connectivity index (χ4n) is 1.80. The van der Waals surface area contributed by atoms with E-state index in [9.17, 15) is 0 Å². The standard InChI is InChI=1S/C19H39O9/c1-3-21-6-7-23-10-11-25-14-15-27-18-19-28-17-16-26-13-12-24-9-8-22-5-4-20-2/h2-19H2,1H3/q+1. The van der Waals surface area contributed by atoms with Crippen molar-refractivity contribution in [2.24, 2.45) is 0 Å². The van der Waals surface area contributed by atoms with E-state index >= 15 is 0 Å². The maximum absolute atomic E-state index is 5.41. The lowest BCUT2D eigenvalue weighted by molar-refractivity contribution is -0.0237. The van der Waals surface area contributed by atoms with Gasteiger partial charge in [0.05, 0.1) is 99.1 Å². The summed E-state index contributed by atoms with van der Waals surface area (Å²) < 4.78 is 47.3. The molecule has 0 aromatic heterocycles. The zero-order valence-corrected chi connectivity index (χ0v) is 17.4. The monoisotopic (exact) mass is 411 g/mol. The van der Waals surface area contributed by atoms with Gasteiger partial charge in [-0.2, -0.15) is 4.74 Å². The molecule has 28 heavy (non-hydrogen) atoms. The quantitative estimate of drug-likeness (QED) is 0.161. The second-order valence-electron chi connectivity index (χ2n) is 5.39. The summed E-state index contributed by atoms with van der Waals surface area (Å²) in [5, 5.41) is 0. The van der Waals surface area contributed by atoms with Crippen LogP contribution in [0.15, 0.2) is 0 Å². The molecule has 0 N–H and O–H groups in total. The molecule has 0 unspecified atom stereocenters.